The maximum atomic E-state index is 5.73. The van der Waals surface area contributed by atoms with Crippen molar-refractivity contribution in [3.05, 3.63) is 40.3 Å². The van der Waals surface area contributed by atoms with E-state index in [-0.39, 0.29) is 6.04 Å². The number of nitrogens with one attached hydrogen (secondary N) is 1. The Kier molecular flexibility index (Phi) is 3.65. The summed E-state index contributed by atoms with van der Waals surface area (Å²) in [6.45, 7) is 3.09. The molecule has 3 aromatic rings. The Morgan fingerprint density at radius 3 is 3.11 bits per heavy atom. The summed E-state index contributed by atoms with van der Waals surface area (Å²) in [5.41, 5.74) is 4.02. The zero-order valence-corrected chi connectivity index (χ0v) is 12.3. The third kappa shape index (κ3) is 2.44. The van der Waals surface area contributed by atoms with Crippen molar-refractivity contribution in [2.24, 2.45) is 5.84 Å². The van der Waals surface area contributed by atoms with Crippen LogP contribution >= 0.6 is 22.7 Å². The average molecular weight is 292 g/mol. The standard InChI is InChI=1S/C13H16N4S2/c1-2-4-17-8-9(7-15-17)13(16-14)12-6-11-10(19-12)3-5-18-11/h3,5-8,13,16H,2,4,14H2,1H3. The molecule has 4 nitrogen and oxygen atoms in total. The van der Waals surface area contributed by atoms with Gasteiger partial charge in [0.05, 0.1) is 12.2 Å². The second-order valence-electron chi connectivity index (χ2n) is 4.43. The lowest BCUT2D eigenvalue weighted by Crippen LogP contribution is -2.27. The van der Waals surface area contributed by atoms with Crippen LogP contribution in [0.5, 0.6) is 0 Å². The van der Waals surface area contributed by atoms with E-state index >= 15 is 0 Å². The molecular formula is C13H16N4S2. The summed E-state index contributed by atoms with van der Waals surface area (Å²) >= 11 is 3.55. The van der Waals surface area contributed by atoms with E-state index in [0.717, 1.165) is 18.5 Å². The molecule has 3 N–H and O–H groups in total. The Labute approximate surface area is 119 Å². The first kappa shape index (κ1) is 12.8. The molecule has 0 aliphatic carbocycles. The van der Waals surface area contributed by atoms with Gasteiger partial charge in [0.2, 0.25) is 0 Å². The minimum absolute atomic E-state index is 0.0233. The fourth-order valence-corrected chi connectivity index (χ4v) is 4.36. The molecule has 0 saturated carbocycles. The van der Waals surface area contributed by atoms with Gasteiger partial charge in [-0.05, 0) is 23.9 Å². The van der Waals surface area contributed by atoms with Crippen LogP contribution in [0, 0.1) is 0 Å². The number of fused-ring (bicyclic) bond motifs is 1. The smallest absolute Gasteiger partial charge is 0.0833 e. The second kappa shape index (κ2) is 5.42. The van der Waals surface area contributed by atoms with E-state index in [1.165, 1.54) is 14.3 Å². The summed E-state index contributed by atoms with van der Waals surface area (Å²) in [6.07, 6.45) is 5.05. The highest BCUT2D eigenvalue weighted by molar-refractivity contribution is 7.27. The average Bonchev–Trinajstić information content (AvgIpc) is 3.06. The molecule has 6 heteroatoms. The van der Waals surface area contributed by atoms with Crippen LogP contribution in [0.4, 0.5) is 0 Å². The first-order chi connectivity index (χ1) is 9.31. The van der Waals surface area contributed by atoms with Crippen LogP contribution in [-0.2, 0) is 6.54 Å². The fourth-order valence-electron chi connectivity index (χ4n) is 2.15. The lowest BCUT2D eigenvalue weighted by Gasteiger charge is -2.11. The molecule has 1 atom stereocenters. The summed E-state index contributed by atoms with van der Waals surface area (Å²) in [5, 5.41) is 6.49. The number of nitrogens with two attached hydrogens (primary N) is 1. The van der Waals surface area contributed by atoms with E-state index in [9.17, 15) is 0 Å². The van der Waals surface area contributed by atoms with Crippen molar-refractivity contribution >= 4 is 32.1 Å². The maximum Gasteiger partial charge on any atom is 0.0833 e. The number of thiophene rings is 2. The predicted octanol–water partition coefficient (Wildman–Crippen LogP) is 3.12. The molecule has 100 valence electrons. The van der Waals surface area contributed by atoms with Crippen molar-refractivity contribution in [2.75, 3.05) is 0 Å². The zero-order chi connectivity index (χ0) is 13.2. The highest BCUT2D eigenvalue weighted by atomic mass is 32.1. The van der Waals surface area contributed by atoms with Gasteiger partial charge in [0, 0.05) is 32.6 Å². The third-order valence-corrected chi connectivity index (χ3v) is 5.21. The van der Waals surface area contributed by atoms with Crippen LogP contribution in [0.15, 0.2) is 29.9 Å². The van der Waals surface area contributed by atoms with Gasteiger partial charge in [-0.1, -0.05) is 6.92 Å². The van der Waals surface area contributed by atoms with Gasteiger partial charge in [0.15, 0.2) is 0 Å². The van der Waals surface area contributed by atoms with Crippen molar-refractivity contribution < 1.29 is 0 Å². The molecule has 3 rings (SSSR count). The van der Waals surface area contributed by atoms with Crippen LogP contribution < -0.4 is 11.3 Å². The van der Waals surface area contributed by atoms with E-state index in [4.69, 9.17) is 5.84 Å². The number of rotatable bonds is 5. The minimum atomic E-state index is 0.0233. The van der Waals surface area contributed by atoms with Gasteiger partial charge in [-0.2, -0.15) is 5.10 Å². The Hall–Kier alpha value is -1.21. The quantitative estimate of drug-likeness (QED) is 0.561. The maximum absolute atomic E-state index is 5.73. The SMILES string of the molecule is CCCn1cc(C(NN)c2cc3sccc3s2)cn1. The van der Waals surface area contributed by atoms with Gasteiger partial charge >= 0.3 is 0 Å². The Balaban J connectivity index is 1.92. The van der Waals surface area contributed by atoms with Gasteiger partial charge in [-0.25, -0.2) is 5.43 Å². The summed E-state index contributed by atoms with van der Waals surface area (Å²) in [6, 6.07) is 4.39. The van der Waals surface area contributed by atoms with E-state index < -0.39 is 0 Å². The van der Waals surface area contributed by atoms with Crippen LogP contribution in [-0.4, -0.2) is 9.78 Å². The predicted molar refractivity (Wildman–Crippen MR) is 81.4 cm³/mol. The van der Waals surface area contributed by atoms with Crippen LogP contribution in [0.1, 0.15) is 29.8 Å². The first-order valence-electron chi connectivity index (χ1n) is 6.27. The Bertz CT molecular complexity index is 638. The molecule has 3 heterocycles. The molecule has 0 saturated heterocycles. The Morgan fingerprint density at radius 1 is 1.47 bits per heavy atom. The van der Waals surface area contributed by atoms with E-state index in [1.807, 2.05) is 10.9 Å². The van der Waals surface area contributed by atoms with Crippen molar-refractivity contribution in [3.63, 3.8) is 0 Å². The molecule has 3 aromatic heterocycles. The topological polar surface area (TPSA) is 55.9 Å². The monoisotopic (exact) mass is 292 g/mol. The molecule has 0 aromatic carbocycles. The summed E-state index contributed by atoms with van der Waals surface area (Å²) in [5.74, 6) is 5.73. The molecule has 0 bridgehead atoms. The van der Waals surface area contributed by atoms with E-state index in [2.05, 4.69) is 41.2 Å². The molecule has 1 unspecified atom stereocenters. The van der Waals surface area contributed by atoms with Crippen LogP contribution in [0.25, 0.3) is 9.40 Å². The number of hydrogen-bond acceptors (Lipinski definition) is 5. The number of hydrogen-bond donors (Lipinski definition) is 2. The van der Waals surface area contributed by atoms with Crippen molar-refractivity contribution in [1.82, 2.24) is 15.2 Å². The van der Waals surface area contributed by atoms with Crippen molar-refractivity contribution in [3.8, 4) is 0 Å². The molecule has 0 amide bonds. The number of hydrazine groups is 1. The van der Waals surface area contributed by atoms with E-state index in [0.29, 0.717) is 0 Å². The second-order valence-corrected chi connectivity index (χ2v) is 6.50. The normalized spacial score (nSPS) is 13.2. The largest absolute Gasteiger partial charge is 0.272 e. The summed E-state index contributed by atoms with van der Waals surface area (Å²) in [4.78, 5) is 1.24. The molecule has 0 aliphatic rings. The molecule has 0 fully saturated rings. The highest BCUT2D eigenvalue weighted by Gasteiger charge is 2.17. The Morgan fingerprint density at radius 2 is 2.37 bits per heavy atom. The summed E-state index contributed by atoms with van der Waals surface area (Å²) < 4.78 is 4.61. The van der Waals surface area contributed by atoms with Gasteiger partial charge in [0.1, 0.15) is 0 Å². The van der Waals surface area contributed by atoms with Gasteiger partial charge in [-0.3, -0.25) is 10.5 Å². The fraction of sp³-hybridized carbons (Fsp3) is 0.308. The molecule has 19 heavy (non-hydrogen) atoms. The molecular weight excluding hydrogens is 276 g/mol. The van der Waals surface area contributed by atoms with Crippen molar-refractivity contribution in [2.45, 2.75) is 25.9 Å². The van der Waals surface area contributed by atoms with Gasteiger partial charge < -0.3 is 0 Å². The van der Waals surface area contributed by atoms with Gasteiger partial charge in [0.25, 0.3) is 0 Å². The minimum Gasteiger partial charge on any atom is -0.272 e. The van der Waals surface area contributed by atoms with Crippen LogP contribution in [0.2, 0.25) is 0 Å². The molecule has 0 radical (unpaired) electrons. The molecule has 0 spiro atoms. The first-order valence-corrected chi connectivity index (χ1v) is 7.97. The lowest BCUT2D eigenvalue weighted by molar-refractivity contribution is 0.599. The third-order valence-electron chi connectivity index (χ3n) is 3.05. The number of nitrogens with zero attached hydrogens (tertiary/aromatic N) is 2. The van der Waals surface area contributed by atoms with E-state index in [1.54, 1.807) is 22.7 Å². The highest BCUT2D eigenvalue weighted by Crippen LogP contribution is 2.35. The van der Waals surface area contributed by atoms with Crippen LogP contribution in [0.3, 0.4) is 0 Å². The number of aromatic nitrogens is 2. The van der Waals surface area contributed by atoms with Gasteiger partial charge in [-0.15, -0.1) is 22.7 Å². The number of aryl methyl sites for hydroxylation is 1. The molecule has 0 aliphatic heterocycles. The summed E-state index contributed by atoms with van der Waals surface area (Å²) in [7, 11) is 0. The van der Waals surface area contributed by atoms with Crippen molar-refractivity contribution in [1.29, 1.82) is 0 Å². The zero-order valence-electron chi connectivity index (χ0n) is 10.7. The lowest BCUT2D eigenvalue weighted by atomic mass is 10.1.